The van der Waals surface area contributed by atoms with E-state index >= 15 is 0 Å². The molecule has 1 N–H and O–H groups in total. The predicted octanol–water partition coefficient (Wildman–Crippen LogP) is 3.65. The first-order chi connectivity index (χ1) is 8.99. The van der Waals surface area contributed by atoms with E-state index in [1.54, 1.807) is 7.11 Å². The van der Waals surface area contributed by atoms with Crippen molar-refractivity contribution in [2.24, 2.45) is 11.8 Å². The molecule has 0 aliphatic heterocycles. The average molecular weight is 261 g/mol. The highest BCUT2D eigenvalue weighted by Gasteiger charge is 2.31. The topological polar surface area (TPSA) is 21.3 Å². The molecule has 1 aromatic rings. The number of benzene rings is 1. The number of hydrogen-bond donors (Lipinski definition) is 1. The standard InChI is InChI=1S/C17H27NO/c1-17(2,3)18-12-15-10-9-13(15)11-14-7-5-6-8-16(14)19-4/h5-8,13,15,18H,9-12H2,1-4H3. The lowest BCUT2D eigenvalue weighted by atomic mass is 9.70. The Morgan fingerprint density at radius 1 is 1.16 bits per heavy atom. The lowest BCUT2D eigenvalue weighted by Gasteiger charge is -2.39. The van der Waals surface area contributed by atoms with Gasteiger partial charge in [-0.15, -0.1) is 0 Å². The van der Waals surface area contributed by atoms with Crippen molar-refractivity contribution in [3.8, 4) is 5.75 Å². The van der Waals surface area contributed by atoms with Gasteiger partial charge in [0.05, 0.1) is 7.11 Å². The van der Waals surface area contributed by atoms with Crippen LogP contribution in [-0.2, 0) is 6.42 Å². The van der Waals surface area contributed by atoms with Crippen molar-refractivity contribution in [3.63, 3.8) is 0 Å². The molecular formula is C17H27NO. The van der Waals surface area contributed by atoms with Gasteiger partial charge in [-0.25, -0.2) is 0 Å². The molecule has 0 bridgehead atoms. The van der Waals surface area contributed by atoms with Crippen LogP contribution in [0, 0.1) is 11.8 Å². The molecule has 0 radical (unpaired) electrons. The molecule has 19 heavy (non-hydrogen) atoms. The number of nitrogens with one attached hydrogen (secondary N) is 1. The summed E-state index contributed by atoms with van der Waals surface area (Å²) in [6.07, 6.45) is 3.87. The van der Waals surface area contributed by atoms with E-state index in [-0.39, 0.29) is 5.54 Å². The molecule has 0 heterocycles. The lowest BCUT2D eigenvalue weighted by Crippen LogP contribution is -2.44. The van der Waals surface area contributed by atoms with Gasteiger partial charge in [-0.3, -0.25) is 0 Å². The van der Waals surface area contributed by atoms with E-state index in [1.165, 1.54) is 18.4 Å². The molecule has 2 rings (SSSR count). The van der Waals surface area contributed by atoms with Gasteiger partial charge in [-0.2, -0.15) is 0 Å². The summed E-state index contributed by atoms with van der Waals surface area (Å²) >= 11 is 0. The molecule has 0 saturated heterocycles. The fraction of sp³-hybridized carbons (Fsp3) is 0.647. The van der Waals surface area contributed by atoms with Crippen LogP contribution in [0.2, 0.25) is 0 Å². The van der Waals surface area contributed by atoms with Gasteiger partial charge in [0.1, 0.15) is 5.75 Å². The first-order valence-electron chi connectivity index (χ1n) is 7.36. The highest BCUT2D eigenvalue weighted by molar-refractivity contribution is 5.33. The zero-order chi connectivity index (χ0) is 13.9. The van der Waals surface area contributed by atoms with E-state index in [0.29, 0.717) is 0 Å². The maximum Gasteiger partial charge on any atom is 0.122 e. The second-order valence-electron chi connectivity index (χ2n) is 6.74. The van der Waals surface area contributed by atoms with Crippen molar-refractivity contribution in [1.82, 2.24) is 5.32 Å². The highest BCUT2D eigenvalue weighted by Crippen LogP contribution is 2.38. The van der Waals surface area contributed by atoms with Crippen LogP contribution in [0.3, 0.4) is 0 Å². The van der Waals surface area contributed by atoms with Crippen molar-refractivity contribution in [2.75, 3.05) is 13.7 Å². The Morgan fingerprint density at radius 3 is 2.42 bits per heavy atom. The van der Waals surface area contributed by atoms with E-state index in [2.05, 4.69) is 44.3 Å². The van der Waals surface area contributed by atoms with Crippen molar-refractivity contribution >= 4 is 0 Å². The molecule has 0 aromatic heterocycles. The molecule has 1 aromatic carbocycles. The molecule has 2 nitrogen and oxygen atoms in total. The van der Waals surface area contributed by atoms with Gasteiger partial charge < -0.3 is 10.1 Å². The summed E-state index contributed by atoms with van der Waals surface area (Å²) in [5, 5.41) is 3.64. The minimum atomic E-state index is 0.227. The number of ether oxygens (including phenoxy) is 1. The largest absolute Gasteiger partial charge is 0.496 e. The number of methoxy groups -OCH3 is 1. The van der Waals surface area contributed by atoms with E-state index in [9.17, 15) is 0 Å². The average Bonchev–Trinajstić information content (AvgIpc) is 2.33. The second kappa shape index (κ2) is 5.96. The third kappa shape index (κ3) is 3.97. The summed E-state index contributed by atoms with van der Waals surface area (Å²) in [6, 6.07) is 8.42. The minimum Gasteiger partial charge on any atom is -0.496 e. The van der Waals surface area contributed by atoms with Crippen molar-refractivity contribution in [3.05, 3.63) is 29.8 Å². The van der Waals surface area contributed by atoms with Crippen molar-refractivity contribution in [1.29, 1.82) is 0 Å². The van der Waals surface area contributed by atoms with Crippen LogP contribution < -0.4 is 10.1 Å². The molecule has 2 unspecified atom stereocenters. The Kier molecular flexibility index (Phi) is 4.51. The molecule has 1 aliphatic carbocycles. The molecule has 1 fully saturated rings. The number of hydrogen-bond acceptors (Lipinski definition) is 2. The predicted molar refractivity (Wildman–Crippen MR) is 80.7 cm³/mol. The molecule has 0 amide bonds. The quantitative estimate of drug-likeness (QED) is 0.873. The third-order valence-corrected chi connectivity index (χ3v) is 4.14. The van der Waals surface area contributed by atoms with Gasteiger partial charge in [0.15, 0.2) is 0 Å². The van der Waals surface area contributed by atoms with Crippen LogP contribution in [-0.4, -0.2) is 19.2 Å². The first kappa shape index (κ1) is 14.4. The fourth-order valence-electron chi connectivity index (χ4n) is 2.77. The third-order valence-electron chi connectivity index (χ3n) is 4.14. The molecule has 106 valence electrons. The van der Waals surface area contributed by atoms with Crippen molar-refractivity contribution < 1.29 is 4.74 Å². The van der Waals surface area contributed by atoms with Crippen LogP contribution in [0.1, 0.15) is 39.2 Å². The van der Waals surface area contributed by atoms with E-state index < -0.39 is 0 Å². The zero-order valence-corrected chi connectivity index (χ0v) is 12.7. The molecule has 1 aliphatic rings. The van der Waals surface area contributed by atoms with Crippen LogP contribution in [0.4, 0.5) is 0 Å². The maximum atomic E-state index is 5.45. The number of rotatable bonds is 5. The Balaban J connectivity index is 1.89. The number of para-hydroxylation sites is 1. The maximum absolute atomic E-state index is 5.45. The van der Waals surface area contributed by atoms with Gasteiger partial charge in [-0.1, -0.05) is 18.2 Å². The van der Waals surface area contributed by atoms with Gasteiger partial charge in [0, 0.05) is 5.54 Å². The van der Waals surface area contributed by atoms with E-state index in [4.69, 9.17) is 4.74 Å². The summed E-state index contributed by atoms with van der Waals surface area (Å²) in [7, 11) is 1.76. The van der Waals surface area contributed by atoms with Crippen LogP contribution in [0.25, 0.3) is 0 Å². The Labute approximate surface area is 117 Å². The molecule has 2 atom stereocenters. The highest BCUT2D eigenvalue weighted by atomic mass is 16.5. The van der Waals surface area contributed by atoms with Crippen LogP contribution in [0.5, 0.6) is 5.75 Å². The minimum absolute atomic E-state index is 0.227. The molecule has 2 heteroatoms. The SMILES string of the molecule is COc1ccccc1CC1CCC1CNC(C)(C)C. The fourth-order valence-corrected chi connectivity index (χ4v) is 2.77. The lowest BCUT2D eigenvalue weighted by molar-refractivity contribution is 0.158. The molecule has 1 saturated carbocycles. The summed E-state index contributed by atoms with van der Waals surface area (Å²) in [5.74, 6) is 2.67. The second-order valence-corrected chi connectivity index (χ2v) is 6.74. The van der Waals surface area contributed by atoms with Gasteiger partial charge in [0.25, 0.3) is 0 Å². The Bertz CT molecular complexity index is 408. The van der Waals surface area contributed by atoms with E-state index in [0.717, 1.165) is 30.6 Å². The Hall–Kier alpha value is -1.02. The van der Waals surface area contributed by atoms with Gasteiger partial charge in [-0.05, 0) is 70.0 Å². The zero-order valence-electron chi connectivity index (χ0n) is 12.7. The molecular weight excluding hydrogens is 234 g/mol. The summed E-state index contributed by atoms with van der Waals surface area (Å²) in [6.45, 7) is 7.85. The molecule has 0 spiro atoms. The normalized spacial score (nSPS) is 22.9. The monoisotopic (exact) mass is 261 g/mol. The van der Waals surface area contributed by atoms with Crippen molar-refractivity contribution in [2.45, 2.75) is 45.6 Å². The van der Waals surface area contributed by atoms with Crippen LogP contribution >= 0.6 is 0 Å². The summed E-state index contributed by atoms with van der Waals surface area (Å²) < 4.78 is 5.45. The van der Waals surface area contributed by atoms with Crippen LogP contribution in [0.15, 0.2) is 24.3 Å². The van der Waals surface area contributed by atoms with Gasteiger partial charge in [0.2, 0.25) is 0 Å². The smallest absolute Gasteiger partial charge is 0.122 e. The van der Waals surface area contributed by atoms with Gasteiger partial charge >= 0.3 is 0 Å². The summed E-state index contributed by atoms with van der Waals surface area (Å²) in [5.41, 5.74) is 1.58. The van der Waals surface area contributed by atoms with E-state index in [1.807, 2.05) is 6.07 Å². The Morgan fingerprint density at radius 2 is 1.84 bits per heavy atom. The summed E-state index contributed by atoms with van der Waals surface area (Å²) in [4.78, 5) is 0. The first-order valence-corrected chi connectivity index (χ1v) is 7.36.